The van der Waals surface area contributed by atoms with Crippen LogP contribution >= 0.6 is 11.3 Å². The molecule has 2 aromatic rings. The molecular formula is C17H20N2O3S. The normalized spacial score (nSPS) is 16.2. The third-order valence-electron chi connectivity index (χ3n) is 3.76. The van der Waals surface area contributed by atoms with Crippen LogP contribution in [0.4, 0.5) is 0 Å². The smallest absolute Gasteiger partial charge is 0.265 e. The maximum absolute atomic E-state index is 12.7. The van der Waals surface area contributed by atoms with E-state index in [1.165, 1.54) is 11.3 Å². The molecule has 0 N–H and O–H groups in total. The van der Waals surface area contributed by atoms with Crippen molar-refractivity contribution in [2.45, 2.75) is 26.9 Å². The topological polar surface area (TPSA) is 51.7 Å². The van der Waals surface area contributed by atoms with Gasteiger partial charge in [0.25, 0.3) is 5.91 Å². The van der Waals surface area contributed by atoms with Gasteiger partial charge in [-0.3, -0.25) is 4.79 Å². The van der Waals surface area contributed by atoms with E-state index in [4.69, 9.17) is 9.47 Å². The fourth-order valence-electron chi connectivity index (χ4n) is 2.63. The number of rotatable bonds is 4. The Morgan fingerprint density at radius 2 is 2.09 bits per heavy atom. The summed E-state index contributed by atoms with van der Waals surface area (Å²) in [5.41, 5.74) is 0.794. The van der Waals surface area contributed by atoms with Gasteiger partial charge in [-0.05, 0) is 32.9 Å². The van der Waals surface area contributed by atoms with Gasteiger partial charge in [0.15, 0.2) is 17.6 Å². The maximum Gasteiger partial charge on any atom is 0.265 e. The number of likely N-dealkylation sites (N-methyl/N-ethyl adjacent to an activating group) is 1. The highest BCUT2D eigenvalue weighted by Gasteiger charge is 2.26. The third-order valence-corrected chi connectivity index (χ3v) is 4.82. The lowest BCUT2D eigenvalue weighted by atomic mass is 10.2. The van der Waals surface area contributed by atoms with Crippen molar-refractivity contribution in [3.8, 4) is 11.5 Å². The van der Waals surface area contributed by atoms with E-state index in [0.717, 1.165) is 22.2 Å². The van der Waals surface area contributed by atoms with Crippen LogP contribution < -0.4 is 9.47 Å². The van der Waals surface area contributed by atoms with Crippen molar-refractivity contribution in [1.29, 1.82) is 0 Å². The monoisotopic (exact) mass is 332 g/mol. The van der Waals surface area contributed by atoms with E-state index in [1.807, 2.05) is 45.0 Å². The average Bonchev–Trinajstić information content (AvgIpc) is 2.90. The lowest BCUT2D eigenvalue weighted by Gasteiger charge is -2.30. The molecule has 0 radical (unpaired) electrons. The number of para-hydroxylation sites is 2. The molecule has 3 rings (SSSR count). The zero-order chi connectivity index (χ0) is 16.4. The molecule has 1 amide bonds. The standard InChI is InChI=1S/C17H20N2O3S/c1-4-19(17(20)16-11(2)18-12(3)23-16)9-13-10-21-14-7-5-6-8-15(14)22-13/h5-8,13H,4,9-10H2,1-3H3. The van der Waals surface area contributed by atoms with Gasteiger partial charge in [-0.2, -0.15) is 0 Å². The summed E-state index contributed by atoms with van der Waals surface area (Å²) >= 11 is 1.44. The fourth-order valence-corrected chi connectivity index (χ4v) is 3.52. The Hall–Kier alpha value is -2.08. The molecule has 122 valence electrons. The zero-order valence-electron chi connectivity index (χ0n) is 13.5. The summed E-state index contributed by atoms with van der Waals surface area (Å²) in [5.74, 6) is 1.50. The van der Waals surface area contributed by atoms with Crippen molar-refractivity contribution < 1.29 is 14.3 Å². The van der Waals surface area contributed by atoms with E-state index in [2.05, 4.69) is 4.98 Å². The van der Waals surface area contributed by atoms with E-state index in [0.29, 0.717) is 24.6 Å². The Labute approximate surface area is 139 Å². The van der Waals surface area contributed by atoms with Crippen LogP contribution in [0.15, 0.2) is 24.3 Å². The van der Waals surface area contributed by atoms with Crippen LogP contribution in [-0.2, 0) is 0 Å². The molecule has 1 unspecified atom stereocenters. The second-order valence-electron chi connectivity index (χ2n) is 5.49. The van der Waals surface area contributed by atoms with Crippen LogP contribution in [0, 0.1) is 13.8 Å². The van der Waals surface area contributed by atoms with Crippen LogP contribution in [0.1, 0.15) is 27.3 Å². The average molecular weight is 332 g/mol. The molecule has 1 aromatic heterocycles. The minimum atomic E-state index is -0.164. The van der Waals surface area contributed by atoms with E-state index in [1.54, 1.807) is 4.90 Å². The lowest BCUT2D eigenvalue weighted by molar-refractivity contribution is 0.0477. The predicted molar refractivity (Wildman–Crippen MR) is 89.5 cm³/mol. The molecule has 0 fully saturated rings. The molecule has 1 aliphatic heterocycles. The van der Waals surface area contributed by atoms with Gasteiger partial charge in [0.2, 0.25) is 0 Å². The number of nitrogens with zero attached hydrogens (tertiary/aromatic N) is 2. The van der Waals surface area contributed by atoms with Gasteiger partial charge in [0.1, 0.15) is 11.5 Å². The summed E-state index contributed by atoms with van der Waals surface area (Å²) in [6, 6.07) is 7.60. The molecule has 5 nitrogen and oxygen atoms in total. The number of ether oxygens (including phenoxy) is 2. The molecule has 2 heterocycles. The van der Waals surface area contributed by atoms with E-state index in [9.17, 15) is 4.79 Å². The number of benzene rings is 1. The molecule has 0 aliphatic carbocycles. The largest absolute Gasteiger partial charge is 0.486 e. The van der Waals surface area contributed by atoms with Crippen molar-refractivity contribution in [2.75, 3.05) is 19.7 Å². The molecule has 1 aromatic carbocycles. The predicted octanol–water partition coefficient (Wildman–Crippen LogP) is 3.06. The summed E-state index contributed by atoms with van der Waals surface area (Å²) < 4.78 is 11.7. The number of carbonyl (C=O) groups excluding carboxylic acids is 1. The number of thiazole rings is 1. The summed E-state index contributed by atoms with van der Waals surface area (Å²) in [6.45, 7) is 7.33. The van der Waals surface area contributed by atoms with Crippen molar-refractivity contribution >= 4 is 17.2 Å². The number of carbonyl (C=O) groups is 1. The molecule has 1 atom stereocenters. The van der Waals surface area contributed by atoms with Crippen molar-refractivity contribution in [3.63, 3.8) is 0 Å². The van der Waals surface area contributed by atoms with E-state index in [-0.39, 0.29) is 12.0 Å². The van der Waals surface area contributed by atoms with Crippen LogP contribution in [0.2, 0.25) is 0 Å². The summed E-state index contributed by atoms with van der Waals surface area (Å²) in [6.07, 6.45) is -0.164. The first-order valence-corrected chi connectivity index (χ1v) is 8.52. The number of fused-ring (bicyclic) bond motifs is 1. The molecule has 23 heavy (non-hydrogen) atoms. The molecule has 0 saturated carbocycles. The van der Waals surface area contributed by atoms with Crippen LogP contribution in [0.3, 0.4) is 0 Å². The number of aromatic nitrogens is 1. The van der Waals surface area contributed by atoms with Crippen LogP contribution in [0.25, 0.3) is 0 Å². The van der Waals surface area contributed by atoms with Gasteiger partial charge >= 0.3 is 0 Å². The quantitative estimate of drug-likeness (QED) is 0.863. The lowest BCUT2D eigenvalue weighted by Crippen LogP contribution is -2.43. The first-order chi connectivity index (χ1) is 11.1. The first-order valence-electron chi connectivity index (χ1n) is 7.70. The highest BCUT2D eigenvalue weighted by Crippen LogP contribution is 2.31. The Morgan fingerprint density at radius 1 is 1.35 bits per heavy atom. The first kappa shape index (κ1) is 15.8. The fraction of sp³-hybridized carbons (Fsp3) is 0.412. The highest BCUT2D eigenvalue weighted by atomic mass is 32.1. The Bertz CT molecular complexity index is 714. The summed E-state index contributed by atoms with van der Waals surface area (Å²) in [7, 11) is 0. The SMILES string of the molecule is CCN(CC1COc2ccccc2O1)C(=O)c1sc(C)nc1C. The maximum atomic E-state index is 12.7. The van der Waals surface area contributed by atoms with Crippen molar-refractivity contribution in [3.05, 3.63) is 39.8 Å². The molecule has 0 saturated heterocycles. The molecule has 1 aliphatic rings. The Morgan fingerprint density at radius 3 is 2.74 bits per heavy atom. The molecular weight excluding hydrogens is 312 g/mol. The van der Waals surface area contributed by atoms with Gasteiger partial charge in [0.05, 0.1) is 17.2 Å². The molecule has 6 heteroatoms. The minimum absolute atomic E-state index is 0.0121. The number of hydrogen-bond donors (Lipinski definition) is 0. The highest BCUT2D eigenvalue weighted by molar-refractivity contribution is 7.13. The van der Waals surface area contributed by atoms with Gasteiger partial charge < -0.3 is 14.4 Å². The second kappa shape index (κ2) is 6.58. The zero-order valence-corrected chi connectivity index (χ0v) is 14.4. The van der Waals surface area contributed by atoms with Crippen LogP contribution in [-0.4, -0.2) is 41.6 Å². The third kappa shape index (κ3) is 3.32. The van der Waals surface area contributed by atoms with Crippen LogP contribution in [0.5, 0.6) is 11.5 Å². The van der Waals surface area contributed by atoms with E-state index >= 15 is 0 Å². The summed E-state index contributed by atoms with van der Waals surface area (Å²) in [5, 5.41) is 0.910. The van der Waals surface area contributed by atoms with Gasteiger partial charge in [-0.1, -0.05) is 12.1 Å². The van der Waals surface area contributed by atoms with E-state index < -0.39 is 0 Å². The van der Waals surface area contributed by atoms with Crippen molar-refractivity contribution in [2.24, 2.45) is 0 Å². The Kier molecular flexibility index (Phi) is 4.52. The van der Waals surface area contributed by atoms with Crippen molar-refractivity contribution in [1.82, 2.24) is 9.88 Å². The second-order valence-corrected chi connectivity index (χ2v) is 6.69. The number of aryl methyl sites for hydroxylation is 2. The Balaban J connectivity index is 1.71. The number of amides is 1. The van der Waals surface area contributed by atoms with Gasteiger partial charge in [0, 0.05) is 6.54 Å². The van der Waals surface area contributed by atoms with Gasteiger partial charge in [-0.25, -0.2) is 4.98 Å². The molecule has 0 spiro atoms. The van der Waals surface area contributed by atoms with Gasteiger partial charge in [-0.15, -0.1) is 11.3 Å². The number of hydrogen-bond acceptors (Lipinski definition) is 5. The minimum Gasteiger partial charge on any atom is -0.486 e. The summed E-state index contributed by atoms with van der Waals surface area (Å²) in [4.78, 5) is 19.6. The molecule has 0 bridgehead atoms.